The van der Waals surface area contributed by atoms with Crippen LogP contribution in [-0.4, -0.2) is 31.6 Å². The van der Waals surface area contributed by atoms with E-state index >= 15 is 0 Å². The van der Waals surface area contributed by atoms with Crippen molar-refractivity contribution in [1.29, 1.82) is 0 Å². The predicted octanol–water partition coefficient (Wildman–Crippen LogP) is 2.44. The van der Waals surface area contributed by atoms with Crippen molar-refractivity contribution < 1.29 is 4.79 Å². The second-order valence-corrected chi connectivity index (χ2v) is 6.54. The van der Waals surface area contributed by atoms with Gasteiger partial charge in [0, 0.05) is 29.3 Å². The molecule has 1 amide bonds. The molecule has 1 saturated heterocycles. The number of benzene rings is 1. The van der Waals surface area contributed by atoms with E-state index in [-0.39, 0.29) is 11.9 Å². The van der Waals surface area contributed by atoms with Crippen molar-refractivity contribution in [2.45, 2.75) is 32.4 Å². The zero-order valence-electron chi connectivity index (χ0n) is 12.5. The van der Waals surface area contributed by atoms with Gasteiger partial charge in [0.05, 0.1) is 0 Å². The Labute approximate surface area is 129 Å². The van der Waals surface area contributed by atoms with E-state index in [1.165, 1.54) is 5.56 Å². The maximum atomic E-state index is 12.0. The Morgan fingerprint density at radius 2 is 2.15 bits per heavy atom. The summed E-state index contributed by atoms with van der Waals surface area (Å²) in [6.07, 6.45) is 0. The highest BCUT2D eigenvalue weighted by Gasteiger charge is 2.37. The molecule has 1 aliphatic rings. The molecule has 2 N–H and O–H groups in total. The first-order chi connectivity index (χ1) is 9.37. The topological polar surface area (TPSA) is 44.4 Å². The molecule has 0 aliphatic carbocycles. The molecule has 110 valence electrons. The maximum absolute atomic E-state index is 12.0. The van der Waals surface area contributed by atoms with Gasteiger partial charge in [0.25, 0.3) is 0 Å². The number of anilines is 1. The highest BCUT2D eigenvalue weighted by Crippen LogP contribution is 2.32. The third-order valence-electron chi connectivity index (χ3n) is 4.05. The van der Waals surface area contributed by atoms with Crippen LogP contribution in [0.4, 0.5) is 5.69 Å². The van der Waals surface area contributed by atoms with Gasteiger partial charge < -0.3 is 15.5 Å². The van der Waals surface area contributed by atoms with E-state index in [0.29, 0.717) is 6.54 Å². The van der Waals surface area contributed by atoms with Crippen LogP contribution >= 0.6 is 15.9 Å². The first kappa shape index (κ1) is 15.3. The number of nitrogens with one attached hydrogen (secondary N) is 2. The second kappa shape index (κ2) is 5.74. The normalized spacial score (nSPS) is 19.6. The lowest BCUT2D eigenvalue weighted by Crippen LogP contribution is -2.62. The smallest absolute Gasteiger partial charge is 0.245 e. The molecule has 1 heterocycles. The van der Waals surface area contributed by atoms with Crippen molar-refractivity contribution in [3.8, 4) is 0 Å². The maximum Gasteiger partial charge on any atom is 0.245 e. The summed E-state index contributed by atoms with van der Waals surface area (Å²) in [4.78, 5) is 14.2. The van der Waals surface area contributed by atoms with Crippen LogP contribution in [0.25, 0.3) is 0 Å². The Morgan fingerprint density at radius 3 is 2.75 bits per heavy atom. The second-order valence-electron chi connectivity index (χ2n) is 5.68. The Kier molecular flexibility index (Phi) is 4.39. The molecule has 0 saturated carbocycles. The lowest BCUT2D eigenvalue weighted by atomic mass is 9.97. The van der Waals surface area contributed by atoms with E-state index in [4.69, 9.17) is 0 Å². The van der Waals surface area contributed by atoms with Crippen LogP contribution in [0, 0.1) is 0 Å². The zero-order chi connectivity index (χ0) is 14.9. The number of rotatable bonds is 3. The van der Waals surface area contributed by atoms with Crippen LogP contribution in [0.15, 0.2) is 22.7 Å². The fourth-order valence-electron chi connectivity index (χ4n) is 2.54. The van der Waals surface area contributed by atoms with Gasteiger partial charge in [0.15, 0.2) is 0 Å². The Balaban J connectivity index is 2.34. The van der Waals surface area contributed by atoms with Crippen molar-refractivity contribution >= 4 is 27.5 Å². The molecule has 0 spiro atoms. The number of carbonyl (C=O) groups is 1. The molecule has 1 aromatic rings. The summed E-state index contributed by atoms with van der Waals surface area (Å²) in [5.74, 6) is 0.0764. The van der Waals surface area contributed by atoms with Gasteiger partial charge in [-0.3, -0.25) is 4.79 Å². The highest BCUT2D eigenvalue weighted by atomic mass is 79.9. The Morgan fingerprint density at radius 1 is 1.45 bits per heavy atom. The Bertz CT molecular complexity index is 516. The summed E-state index contributed by atoms with van der Waals surface area (Å²) in [6.45, 7) is 7.55. The van der Waals surface area contributed by atoms with E-state index in [1.807, 2.05) is 20.9 Å². The van der Waals surface area contributed by atoms with Crippen LogP contribution in [0.3, 0.4) is 0 Å². The van der Waals surface area contributed by atoms with Crippen LogP contribution in [0.2, 0.25) is 0 Å². The fraction of sp³-hybridized carbons (Fsp3) is 0.533. The third-order valence-corrected chi connectivity index (χ3v) is 4.73. The molecule has 1 atom stereocenters. The van der Waals surface area contributed by atoms with Crippen LogP contribution in [0.1, 0.15) is 32.4 Å². The third kappa shape index (κ3) is 2.69. The monoisotopic (exact) mass is 339 g/mol. The molecule has 4 nitrogen and oxygen atoms in total. The minimum Gasteiger partial charge on any atom is -0.356 e. The summed E-state index contributed by atoms with van der Waals surface area (Å²) < 4.78 is 1.07. The molecule has 0 aromatic heterocycles. The lowest BCUT2D eigenvalue weighted by molar-refractivity contribution is -0.126. The molecule has 1 aliphatic heterocycles. The number of hydrogen-bond acceptors (Lipinski definition) is 3. The van der Waals surface area contributed by atoms with Gasteiger partial charge in [-0.2, -0.15) is 0 Å². The molecule has 5 heteroatoms. The number of carbonyl (C=O) groups excluding carboxylic acids is 1. The molecule has 0 bridgehead atoms. The first-order valence-electron chi connectivity index (χ1n) is 6.90. The van der Waals surface area contributed by atoms with Crippen molar-refractivity contribution in [2.24, 2.45) is 0 Å². The Hall–Kier alpha value is -1.07. The number of nitrogens with zero attached hydrogens (tertiary/aromatic N) is 1. The molecule has 0 radical (unpaired) electrons. The van der Waals surface area contributed by atoms with Crippen molar-refractivity contribution in [2.75, 3.05) is 25.0 Å². The SMILES string of the molecule is CNC(C)c1ccc(N2CCNC(=O)C2(C)C)cc1Br. The quantitative estimate of drug-likeness (QED) is 0.888. The minimum absolute atomic E-state index is 0.0764. The lowest BCUT2D eigenvalue weighted by Gasteiger charge is -2.43. The van der Waals surface area contributed by atoms with Gasteiger partial charge in [-0.05, 0) is 45.5 Å². The van der Waals surface area contributed by atoms with E-state index < -0.39 is 5.54 Å². The first-order valence-corrected chi connectivity index (χ1v) is 7.70. The summed E-state index contributed by atoms with van der Waals surface area (Å²) >= 11 is 3.64. The van der Waals surface area contributed by atoms with E-state index in [9.17, 15) is 4.79 Å². The number of hydrogen-bond donors (Lipinski definition) is 2. The van der Waals surface area contributed by atoms with Gasteiger partial charge in [-0.1, -0.05) is 22.0 Å². The van der Waals surface area contributed by atoms with Gasteiger partial charge in [-0.15, -0.1) is 0 Å². The molecular formula is C15H22BrN3O. The molecule has 20 heavy (non-hydrogen) atoms. The van der Waals surface area contributed by atoms with Crippen LogP contribution in [-0.2, 0) is 4.79 Å². The van der Waals surface area contributed by atoms with E-state index in [2.05, 4.69) is 56.6 Å². The standard InChI is InChI=1S/C15H22BrN3O/c1-10(17-4)12-6-5-11(9-13(12)16)19-8-7-18-14(20)15(19,2)3/h5-6,9-10,17H,7-8H2,1-4H3,(H,18,20). The summed E-state index contributed by atoms with van der Waals surface area (Å²) in [5.41, 5.74) is 1.77. The average Bonchev–Trinajstić information content (AvgIpc) is 2.41. The fourth-order valence-corrected chi connectivity index (χ4v) is 3.25. The summed E-state index contributed by atoms with van der Waals surface area (Å²) in [5, 5.41) is 6.16. The van der Waals surface area contributed by atoms with Gasteiger partial charge in [-0.25, -0.2) is 0 Å². The molecule has 1 unspecified atom stereocenters. The van der Waals surface area contributed by atoms with E-state index in [1.54, 1.807) is 0 Å². The van der Waals surface area contributed by atoms with Crippen molar-refractivity contribution in [1.82, 2.24) is 10.6 Å². The highest BCUT2D eigenvalue weighted by molar-refractivity contribution is 9.10. The summed E-state index contributed by atoms with van der Waals surface area (Å²) in [6, 6.07) is 6.59. The number of amides is 1. The molecule has 2 rings (SSSR count). The van der Waals surface area contributed by atoms with Crippen LogP contribution in [0.5, 0.6) is 0 Å². The van der Waals surface area contributed by atoms with Gasteiger partial charge in [0.1, 0.15) is 5.54 Å². The molecular weight excluding hydrogens is 318 g/mol. The zero-order valence-corrected chi connectivity index (χ0v) is 14.0. The van der Waals surface area contributed by atoms with Crippen LogP contribution < -0.4 is 15.5 Å². The molecule has 1 aromatic carbocycles. The predicted molar refractivity (Wildman–Crippen MR) is 86.1 cm³/mol. The number of halogens is 1. The van der Waals surface area contributed by atoms with Crippen molar-refractivity contribution in [3.05, 3.63) is 28.2 Å². The molecule has 1 fully saturated rings. The summed E-state index contributed by atoms with van der Waals surface area (Å²) in [7, 11) is 1.95. The number of piperazine rings is 1. The average molecular weight is 340 g/mol. The minimum atomic E-state index is -0.520. The van der Waals surface area contributed by atoms with Gasteiger partial charge >= 0.3 is 0 Å². The van der Waals surface area contributed by atoms with E-state index in [0.717, 1.165) is 16.7 Å². The largest absolute Gasteiger partial charge is 0.356 e. The van der Waals surface area contributed by atoms with Gasteiger partial charge in [0.2, 0.25) is 5.91 Å². The van der Waals surface area contributed by atoms with Crippen molar-refractivity contribution in [3.63, 3.8) is 0 Å².